The van der Waals surface area contributed by atoms with Crippen molar-refractivity contribution in [3.63, 3.8) is 0 Å². The molecule has 2 amide bonds. The third-order valence-electron chi connectivity index (χ3n) is 3.31. The number of aliphatic imine (C=N–C) groups is 1. The second-order valence-corrected chi connectivity index (χ2v) is 6.83. The summed E-state index contributed by atoms with van der Waals surface area (Å²) < 4.78 is 5.31. The summed E-state index contributed by atoms with van der Waals surface area (Å²) >= 11 is 0. The van der Waals surface area contributed by atoms with Crippen molar-refractivity contribution < 1.29 is 14.3 Å². The van der Waals surface area contributed by atoms with Gasteiger partial charge in [0.25, 0.3) is 0 Å². The molecule has 138 valence electrons. The largest absolute Gasteiger partial charge is 0.444 e. The molecule has 24 heavy (non-hydrogen) atoms. The molecule has 0 unspecified atom stereocenters. The highest BCUT2D eigenvalue weighted by Crippen LogP contribution is 2.15. The molecule has 1 heterocycles. The Morgan fingerprint density at radius 2 is 1.88 bits per heavy atom. The molecule has 1 aliphatic heterocycles. The Labute approximate surface area is 144 Å². The standard InChI is InChI=1S/C16H31N5O3/c1-6-8-18-13(22)7-9-19-14(17-5)20-12-10-21(11-12)15(23)24-16(2,3)4/h12H,6-11H2,1-5H3,(H,18,22)(H2,17,19,20). The zero-order valence-corrected chi connectivity index (χ0v) is 15.4. The van der Waals surface area contributed by atoms with Gasteiger partial charge in [-0.05, 0) is 27.2 Å². The lowest BCUT2D eigenvalue weighted by Gasteiger charge is -2.40. The fourth-order valence-corrected chi connectivity index (χ4v) is 2.08. The summed E-state index contributed by atoms with van der Waals surface area (Å²) in [7, 11) is 1.68. The molecule has 1 saturated heterocycles. The van der Waals surface area contributed by atoms with Crippen LogP contribution in [-0.4, -0.2) is 67.7 Å². The van der Waals surface area contributed by atoms with Gasteiger partial charge < -0.3 is 25.6 Å². The normalized spacial score (nSPS) is 15.5. The van der Waals surface area contributed by atoms with Crippen LogP contribution in [0, 0.1) is 0 Å². The van der Waals surface area contributed by atoms with Gasteiger partial charge in [0.05, 0.1) is 6.04 Å². The monoisotopic (exact) mass is 341 g/mol. The lowest BCUT2D eigenvalue weighted by molar-refractivity contribution is -0.120. The third kappa shape index (κ3) is 7.52. The number of carbonyl (C=O) groups is 2. The number of carbonyl (C=O) groups excluding carboxylic acids is 2. The molecule has 1 aliphatic rings. The first kappa shape index (κ1) is 20.1. The van der Waals surface area contributed by atoms with Crippen LogP contribution in [0.2, 0.25) is 0 Å². The Hall–Kier alpha value is -1.99. The van der Waals surface area contributed by atoms with Gasteiger partial charge in [-0.15, -0.1) is 0 Å². The highest BCUT2D eigenvalue weighted by molar-refractivity contribution is 5.82. The maximum absolute atomic E-state index is 11.9. The molecule has 0 aromatic heterocycles. The topological polar surface area (TPSA) is 95.1 Å². The van der Waals surface area contributed by atoms with Gasteiger partial charge in [-0.2, -0.15) is 0 Å². The van der Waals surface area contributed by atoms with Crippen LogP contribution in [0.3, 0.4) is 0 Å². The summed E-state index contributed by atoms with van der Waals surface area (Å²) in [5.74, 6) is 0.659. The van der Waals surface area contributed by atoms with E-state index in [9.17, 15) is 9.59 Å². The number of hydrogen-bond acceptors (Lipinski definition) is 4. The van der Waals surface area contributed by atoms with Crippen molar-refractivity contribution in [3.8, 4) is 0 Å². The molecule has 8 heteroatoms. The van der Waals surface area contributed by atoms with Crippen LogP contribution in [0.4, 0.5) is 4.79 Å². The van der Waals surface area contributed by atoms with Crippen molar-refractivity contribution >= 4 is 18.0 Å². The Balaban J connectivity index is 2.22. The molecule has 3 N–H and O–H groups in total. The molecule has 0 aliphatic carbocycles. The molecule has 0 aromatic carbocycles. The maximum atomic E-state index is 11.9. The second kappa shape index (κ2) is 9.34. The Morgan fingerprint density at radius 1 is 1.21 bits per heavy atom. The van der Waals surface area contributed by atoms with Crippen LogP contribution >= 0.6 is 0 Å². The summed E-state index contributed by atoms with van der Waals surface area (Å²) in [6.07, 6.45) is 1.03. The van der Waals surface area contributed by atoms with E-state index in [0.29, 0.717) is 38.6 Å². The van der Waals surface area contributed by atoms with E-state index in [1.54, 1.807) is 11.9 Å². The summed E-state index contributed by atoms with van der Waals surface area (Å²) in [6, 6.07) is 0.137. The lowest BCUT2D eigenvalue weighted by atomic mass is 10.1. The summed E-state index contributed by atoms with van der Waals surface area (Å²) in [5.41, 5.74) is -0.481. The van der Waals surface area contributed by atoms with E-state index in [-0.39, 0.29) is 18.0 Å². The predicted molar refractivity (Wildman–Crippen MR) is 94.0 cm³/mol. The molecule has 0 saturated carbocycles. The molecular weight excluding hydrogens is 310 g/mol. The average molecular weight is 341 g/mol. The minimum absolute atomic E-state index is 0.0274. The van der Waals surface area contributed by atoms with Gasteiger partial charge in [0.1, 0.15) is 5.60 Å². The molecule has 0 spiro atoms. The Morgan fingerprint density at radius 3 is 2.42 bits per heavy atom. The van der Waals surface area contributed by atoms with E-state index in [0.717, 1.165) is 6.42 Å². The van der Waals surface area contributed by atoms with Crippen LogP contribution < -0.4 is 16.0 Å². The molecule has 8 nitrogen and oxygen atoms in total. The summed E-state index contributed by atoms with van der Waals surface area (Å²) in [4.78, 5) is 29.2. The van der Waals surface area contributed by atoms with Crippen molar-refractivity contribution in [2.45, 2.75) is 52.2 Å². The molecule has 1 fully saturated rings. The molecule has 0 aromatic rings. The number of guanidine groups is 1. The Bertz CT molecular complexity index is 453. The van der Waals surface area contributed by atoms with E-state index in [1.165, 1.54) is 0 Å². The second-order valence-electron chi connectivity index (χ2n) is 6.83. The molecular formula is C16H31N5O3. The number of likely N-dealkylation sites (tertiary alicyclic amines) is 1. The SMILES string of the molecule is CCCNC(=O)CCNC(=NC)NC1CN(C(=O)OC(C)(C)C)C1. The van der Waals surface area contributed by atoms with Crippen LogP contribution in [-0.2, 0) is 9.53 Å². The predicted octanol–water partition coefficient (Wildman–Crippen LogP) is 0.687. The molecule has 1 rings (SSSR count). The van der Waals surface area contributed by atoms with Crippen molar-refractivity contribution in [2.24, 2.45) is 4.99 Å². The van der Waals surface area contributed by atoms with Gasteiger partial charge in [-0.3, -0.25) is 9.79 Å². The van der Waals surface area contributed by atoms with Crippen LogP contribution in [0.25, 0.3) is 0 Å². The Kier molecular flexibility index (Phi) is 7.81. The fourth-order valence-electron chi connectivity index (χ4n) is 2.08. The third-order valence-corrected chi connectivity index (χ3v) is 3.31. The van der Waals surface area contributed by atoms with Crippen LogP contribution in [0.1, 0.15) is 40.5 Å². The van der Waals surface area contributed by atoms with E-state index < -0.39 is 5.60 Å². The number of amides is 2. The van der Waals surface area contributed by atoms with E-state index in [2.05, 4.69) is 20.9 Å². The number of ether oxygens (including phenoxy) is 1. The quantitative estimate of drug-likeness (QED) is 0.488. The molecule has 0 atom stereocenters. The van der Waals surface area contributed by atoms with E-state index >= 15 is 0 Å². The number of rotatable bonds is 6. The van der Waals surface area contributed by atoms with Crippen LogP contribution in [0.15, 0.2) is 4.99 Å². The first-order valence-corrected chi connectivity index (χ1v) is 8.47. The van der Waals surface area contributed by atoms with Gasteiger partial charge in [0.2, 0.25) is 5.91 Å². The zero-order chi connectivity index (χ0) is 18.2. The van der Waals surface area contributed by atoms with Crippen LogP contribution in [0.5, 0.6) is 0 Å². The number of nitrogens with zero attached hydrogens (tertiary/aromatic N) is 2. The highest BCUT2D eigenvalue weighted by Gasteiger charge is 2.34. The summed E-state index contributed by atoms with van der Waals surface area (Å²) in [5, 5.41) is 9.15. The van der Waals surface area contributed by atoms with Gasteiger partial charge in [0.15, 0.2) is 5.96 Å². The van der Waals surface area contributed by atoms with E-state index in [4.69, 9.17) is 4.74 Å². The number of nitrogens with one attached hydrogen (secondary N) is 3. The van der Waals surface area contributed by atoms with E-state index in [1.807, 2.05) is 27.7 Å². The minimum Gasteiger partial charge on any atom is -0.444 e. The van der Waals surface area contributed by atoms with Crippen molar-refractivity contribution in [3.05, 3.63) is 0 Å². The smallest absolute Gasteiger partial charge is 0.410 e. The number of hydrogen-bond donors (Lipinski definition) is 3. The van der Waals surface area contributed by atoms with Crippen molar-refractivity contribution in [1.82, 2.24) is 20.9 Å². The molecule has 0 radical (unpaired) electrons. The van der Waals surface area contributed by atoms with Gasteiger partial charge >= 0.3 is 6.09 Å². The summed E-state index contributed by atoms with van der Waals surface area (Å²) in [6.45, 7) is 9.93. The first-order chi connectivity index (χ1) is 11.2. The zero-order valence-electron chi connectivity index (χ0n) is 15.4. The fraction of sp³-hybridized carbons (Fsp3) is 0.812. The van der Waals surface area contributed by atoms with Gasteiger partial charge in [-0.1, -0.05) is 6.92 Å². The van der Waals surface area contributed by atoms with Crippen molar-refractivity contribution in [1.29, 1.82) is 0 Å². The van der Waals surface area contributed by atoms with Crippen molar-refractivity contribution in [2.75, 3.05) is 33.2 Å². The minimum atomic E-state index is -0.481. The van der Waals surface area contributed by atoms with Gasteiger partial charge in [0, 0.05) is 39.6 Å². The maximum Gasteiger partial charge on any atom is 0.410 e. The first-order valence-electron chi connectivity index (χ1n) is 8.47. The average Bonchev–Trinajstić information content (AvgIpc) is 2.44. The molecule has 0 bridgehead atoms. The van der Waals surface area contributed by atoms with Gasteiger partial charge in [-0.25, -0.2) is 4.79 Å². The highest BCUT2D eigenvalue weighted by atomic mass is 16.6. The lowest BCUT2D eigenvalue weighted by Crippen LogP contribution is -2.63.